The van der Waals surface area contributed by atoms with Crippen molar-refractivity contribution >= 4 is 29.2 Å². The van der Waals surface area contributed by atoms with Gasteiger partial charge < -0.3 is 9.84 Å². The molecule has 1 N–H and O–H groups in total. The van der Waals surface area contributed by atoms with Gasteiger partial charge in [0.05, 0.1) is 10.4 Å². The van der Waals surface area contributed by atoms with Gasteiger partial charge in [-0.15, -0.1) is 0 Å². The Balaban J connectivity index is 1.83. The SMILES string of the molecule is CCC1(C(=O)O)CCN(CCOc2ccc(Cl)cc2Cl)C1. The van der Waals surface area contributed by atoms with E-state index in [9.17, 15) is 9.90 Å². The van der Waals surface area contributed by atoms with E-state index < -0.39 is 11.4 Å². The summed E-state index contributed by atoms with van der Waals surface area (Å²) in [7, 11) is 0. The van der Waals surface area contributed by atoms with Gasteiger partial charge in [0.1, 0.15) is 12.4 Å². The number of carboxylic acids is 1. The van der Waals surface area contributed by atoms with E-state index in [-0.39, 0.29) is 0 Å². The normalized spacial score (nSPS) is 22.4. The fourth-order valence-corrected chi connectivity index (χ4v) is 3.10. The van der Waals surface area contributed by atoms with E-state index in [1.807, 2.05) is 6.92 Å². The number of carbonyl (C=O) groups is 1. The summed E-state index contributed by atoms with van der Waals surface area (Å²) in [5.74, 6) is -0.102. The molecule has 6 heteroatoms. The van der Waals surface area contributed by atoms with Crippen LogP contribution in [0, 0.1) is 5.41 Å². The van der Waals surface area contributed by atoms with E-state index in [1.54, 1.807) is 18.2 Å². The number of aliphatic carboxylic acids is 1. The van der Waals surface area contributed by atoms with Crippen LogP contribution in [0.5, 0.6) is 5.75 Å². The molecule has 1 aromatic carbocycles. The second-order valence-corrected chi connectivity index (χ2v) is 6.23. The van der Waals surface area contributed by atoms with Crippen LogP contribution in [-0.2, 0) is 4.79 Å². The summed E-state index contributed by atoms with van der Waals surface area (Å²) in [4.78, 5) is 13.5. The number of rotatable bonds is 6. The van der Waals surface area contributed by atoms with Crippen molar-refractivity contribution in [1.29, 1.82) is 0 Å². The highest BCUT2D eigenvalue weighted by Crippen LogP contribution is 2.34. The van der Waals surface area contributed by atoms with Gasteiger partial charge in [-0.25, -0.2) is 0 Å². The van der Waals surface area contributed by atoms with Crippen molar-refractivity contribution in [1.82, 2.24) is 4.90 Å². The Morgan fingerprint density at radius 3 is 2.81 bits per heavy atom. The Bertz CT molecular complexity index is 524. The van der Waals surface area contributed by atoms with Gasteiger partial charge in [0, 0.05) is 18.1 Å². The molecule has 2 rings (SSSR count). The van der Waals surface area contributed by atoms with Crippen LogP contribution in [0.3, 0.4) is 0 Å². The summed E-state index contributed by atoms with van der Waals surface area (Å²) in [5.41, 5.74) is -0.599. The first kappa shape index (κ1) is 16.4. The quantitative estimate of drug-likeness (QED) is 0.865. The molecule has 0 bridgehead atoms. The third-order valence-electron chi connectivity index (χ3n) is 4.12. The maximum atomic E-state index is 11.4. The summed E-state index contributed by atoms with van der Waals surface area (Å²) in [6.07, 6.45) is 1.35. The Morgan fingerprint density at radius 2 is 2.24 bits per heavy atom. The number of nitrogens with zero attached hydrogens (tertiary/aromatic N) is 1. The molecule has 1 aliphatic rings. The van der Waals surface area contributed by atoms with Crippen molar-refractivity contribution in [2.45, 2.75) is 19.8 Å². The lowest BCUT2D eigenvalue weighted by molar-refractivity contribution is -0.148. The molecule has 1 unspecified atom stereocenters. The lowest BCUT2D eigenvalue weighted by Gasteiger charge is -2.23. The van der Waals surface area contributed by atoms with E-state index in [2.05, 4.69) is 4.90 Å². The zero-order valence-corrected chi connectivity index (χ0v) is 13.5. The van der Waals surface area contributed by atoms with Crippen molar-refractivity contribution in [3.05, 3.63) is 28.2 Å². The third kappa shape index (κ3) is 3.82. The second-order valence-electron chi connectivity index (χ2n) is 5.39. The van der Waals surface area contributed by atoms with Gasteiger partial charge in [0.25, 0.3) is 0 Å². The Kier molecular flexibility index (Phi) is 5.36. The lowest BCUT2D eigenvalue weighted by Crippen LogP contribution is -2.35. The molecule has 1 heterocycles. The summed E-state index contributed by atoms with van der Waals surface area (Å²) in [5, 5.41) is 10.4. The first-order valence-electron chi connectivity index (χ1n) is 7.00. The van der Waals surface area contributed by atoms with E-state index in [4.69, 9.17) is 27.9 Å². The van der Waals surface area contributed by atoms with Crippen molar-refractivity contribution in [3.8, 4) is 5.75 Å². The predicted octanol–water partition coefficient (Wildman–Crippen LogP) is 3.56. The summed E-state index contributed by atoms with van der Waals surface area (Å²) in [6, 6.07) is 5.11. The molecule has 1 saturated heterocycles. The fourth-order valence-electron chi connectivity index (χ4n) is 2.64. The van der Waals surface area contributed by atoms with Gasteiger partial charge in [-0.05, 0) is 37.6 Å². The van der Waals surface area contributed by atoms with E-state index in [0.717, 1.165) is 6.54 Å². The first-order valence-corrected chi connectivity index (χ1v) is 7.76. The molecular formula is C15H19Cl2NO3. The van der Waals surface area contributed by atoms with Gasteiger partial charge in [0.15, 0.2) is 0 Å². The molecule has 1 aromatic rings. The number of ether oxygens (including phenoxy) is 1. The standard InChI is InChI=1S/C15H19Cl2NO3/c1-2-15(14(19)20)5-6-18(10-15)7-8-21-13-4-3-11(16)9-12(13)17/h3-4,9H,2,5-8,10H2,1H3,(H,19,20). The minimum Gasteiger partial charge on any atom is -0.491 e. The van der Waals surface area contributed by atoms with Gasteiger partial charge >= 0.3 is 5.97 Å². The Morgan fingerprint density at radius 1 is 1.48 bits per heavy atom. The second kappa shape index (κ2) is 6.86. The number of hydrogen-bond acceptors (Lipinski definition) is 3. The minimum absolute atomic E-state index is 0.473. The Hall–Kier alpha value is -0.970. The number of hydrogen-bond donors (Lipinski definition) is 1. The molecule has 4 nitrogen and oxygen atoms in total. The molecule has 1 aliphatic heterocycles. The van der Waals surface area contributed by atoms with Crippen molar-refractivity contribution in [3.63, 3.8) is 0 Å². The third-order valence-corrected chi connectivity index (χ3v) is 4.65. The lowest BCUT2D eigenvalue weighted by atomic mass is 9.84. The topological polar surface area (TPSA) is 49.8 Å². The molecule has 0 saturated carbocycles. The highest BCUT2D eigenvalue weighted by molar-refractivity contribution is 6.35. The molecule has 21 heavy (non-hydrogen) atoms. The van der Waals surface area contributed by atoms with Crippen LogP contribution >= 0.6 is 23.2 Å². The fraction of sp³-hybridized carbons (Fsp3) is 0.533. The van der Waals surface area contributed by atoms with Crippen LogP contribution in [0.1, 0.15) is 19.8 Å². The number of benzene rings is 1. The van der Waals surface area contributed by atoms with E-state index >= 15 is 0 Å². The average Bonchev–Trinajstić information content (AvgIpc) is 2.86. The molecule has 1 atom stereocenters. The number of carboxylic acid groups (broad SMARTS) is 1. The highest BCUT2D eigenvalue weighted by Gasteiger charge is 2.42. The van der Waals surface area contributed by atoms with Crippen LogP contribution in [-0.4, -0.2) is 42.2 Å². The monoisotopic (exact) mass is 331 g/mol. The average molecular weight is 332 g/mol. The van der Waals surface area contributed by atoms with E-state index in [1.165, 1.54) is 0 Å². The minimum atomic E-state index is -0.700. The van der Waals surface area contributed by atoms with Crippen LogP contribution in [0.15, 0.2) is 18.2 Å². The zero-order chi connectivity index (χ0) is 15.5. The summed E-state index contributed by atoms with van der Waals surface area (Å²) in [6.45, 7) is 4.46. The largest absolute Gasteiger partial charge is 0.491 e. The van der Waals surface area contributed by atoms with Gasteiger partial charge in [0.2, 0.25) is 0 Å². The number of halogens is 2. The Labute approximate surface area is 134 Å². The van der Waals surface area contributed by atoms with E-state index in [0.29, 0.717) is 48.3 Å². The van der Waals surface area contributed by atoms with Crippen LogP contribution < -0.4 is 4.74 Å². The van der Waals surface area contributed by atoms with Crippen molar-refractivity contribution in [2.75, 3.05) is 26.2 Å². The highest BCUT2D eigenvalue weighted by atomic mass is 35.5. The van der Waals surface area contributed by atoms with Crippen molar-refractivity contribution < 1.29 is 14.6 Å². The summed E-state index contributed by atoms with van der Waals surface area (Å²) >= 11 is 11.9. The smallest absolute Gasteiger partial charge is 0.310 e. The summed E-state index contributed by atoms with van der Waals surface area (Å²) < 4.78 is 5.64. The predicted molar refractivity (Wildman–Crippen MR) is 83.4 cm³/mol. The van der Waals surface area contributed by atoms with Gasteiger partial charge in [-0.3, -0.25) is 9.69 Å². The molecule has 0 radical (unpaired) electrons. The van der Waals surface area contributed by atoms with Gasteiger partial charge in [-0.1, -0.05) is 30.1 Å². The zero-order valence-electron chi connectivity index (χ0n) is 11.9. The molecule has 116 valence electrons. The van der Waals surface area contributed by atoms with Crippen LogP contribution in [0.25, 0.3) is 0 Å². The molecule has 0 spiro atoms. The van der Waals surface area contributed by atoms with Crippen LogP contribution in [0.4, 0.5) is 0 Å². The first-order chi connectivity index (χ1) is 9.97. The van der Waals surface area contributed by atoms with Crippen molar-refractivity contribution in [2.24, 2.45) is 5.41 Å². The maximum absolute atomic E-state index is 11.4. The molecule has 0 amide bonds. The molecule has 1 fully saturated rings. The van der Waals surface area contributed by atoms with Crippen LogP contribution in [0.2, 0.25) is 10.0 Å². The number of likely N-dealkylation sites (tertiary alicyclic amines) is 1. The van der Waals surface area contributed by atoms with Gasteiger partial charge in [-0.2, -0.15) is 0 Å². The molecule has 0 aromatic heterocycles. The maximum Gasteiger partial charge on any atom is 0.310 e. The molecular weight excluding hydrogens is 313 g/mol. The molecule has 0 aliphatic carbocycles.